The Morgan fingerprint density at radius 1 is 1.47 bits per heavy atom. The fourth-order valence-corrected chi connectivity index (χ4v) is 2.20. The largest absolute Gasteiger partial charge is 0.496 e. The molecule has 17 heavy (non-hydrogen) atoms. The van der Waals surface area contributed by atoms with E-state index in [-0.39, 0.29) is 6.10 Å². The average molecular weight is 234 g/mol. The van der Waals surface area contributed by atoms with Gasteiger partial charge in [-0.2, -0.15) is 0 Å². The van der Waals surface area contributed by atoms with Gasteiger partial charge in [0.2, 0.25) is 0 Å². The Hall–Kier alpha value is -1.32. The molecule has 1 aliphatic rings. The normalized spacial score (nSPS) is 24.3. The summed E-state index contributed by atoms with van der Waals surface area (Å²) in [5, 5.41) is 0. The maximum Gasteiger partial charge on any atom is 0.147 e. The summed E-state index contributed by atoms with van der Waals surface area (Å²) in [6, 6.07) is 7.97. The van der Waals surface area contributed by atoms with Crippen LogP contribution in [0.4, 0.5) is 0 Å². The first kappa shape index (κ1) is 12.1. The Labute approximate surface area is 102 Å². The molecule has 0 saturated carbocycles. The zero-order valence-electron chi connectivity index (χ0n) is 10.1. The quantitative estimate of drug-likeness (QED) is 0.750. The van der Waals surface area contributed by atoms with Gasteiger partial charge in [-0.15, -0.1) is 6.58 Å². The van der Waals surface area contributed by atoms with Gasteiger partial charge in [0.1, 0.15) is 12.5 Å². The molecule has 3 nitrogen and oxygen atoms in total. The first-order valence-electron chi connectivity index (χ1n) is 5.80. The summed E-state index contributed by atoms with van der Waals surface area (Å²) in [4.78, 5) is 0. The monoisotopic (exact) mass is 234 g/mol. The van der Waals surface area contributed by atoms with Crippen molar-refractivity contribution in [2.24, 2.45) is 5.92 Å². The minimum Gasteiger partial charge on any atom is -0.496 e. The van der Waals surface area contributed by atoms with Crippen molar-refractivity contribution in [1.82, 2.24) is 0 Å². The van der Waals surface area contributed by atoms with E-state index in [0.29, 0.717) is 19.3 Å². The van der Waals surface area contributed by atoms with Gasteiger partial charge < -0.3 is 14.2 Å². The highest BCUT2D eigenvalue weighted by Gasteiger charge is 2.29. The molecule has 92 valence electrons. The van der Waals surface area contributed by atoms with Crippen LogP contribution in [0.3, 0.4) is 0 Å². The predicted octanol–water partition coefficient (Wildman–Crippen LogP) is 2.93. The molecule has 2 rings (SSSR count). The molecule has 0 radical (unpaired) electrons. The molecule has 2 atom stereocenters. The standard InChI is InChI=1S/C14H18O3/c1-3-6-11-9-16-10-17-14(11)12-7-4-5-8-13(12)15-2/h3-5,7-8,11,14H,1,6,9-10H2,2H3/t11-,14+/m1/s1. The SMILES string of the molecule is C=CC[C@@H]1COCO[C@@H]1c1ccccc1OC. The second-order valence-electron chi connectivity index (χ2n) is 4.10. The van der Waals surface area contributed by atoms with E-state index in [1.165, 1.54) is 0 Å². The molecule has 1 heterocycles. The number of hydrogen-bond acceptors (Lipinski definition) is 3. The highest BCUT2D eigenvalue weighted by molar-refractivity contribution is 5.35. The van der Waals surface area contributed by atoms with Crippen molar-refractivity contribution in [3.05, 3.63) is 42.5 Å². The molecule has 0 unspecified atom stereocenters. The van der Waals surface area contributed by atoms with Crippen molar-refractivity contribution in [2.75, 3.05) is 20.5 Å². The summed E-state index contributed by atoms with van der Waals surface area (Å²) in [7, 11) is 1.68. The Morgan fingerprint density at radius 2 is 2.29 bits per heavy atom. The smallest absolute Gasteiger partial charge is 0.147 e. The van der Waals surface area contributed by atoms with Crippen molar-refractivity contribution in [2.45, 2.75) is 12.5 Å². The molecule has 1 aliphatic heterocycles. The van der Waals surface area contributed by atoms with Gasteiger partial charge in [0.25, 0.3) is 0 Å². The van der Waals surface area contributed by atoms with E-state index in [1.807, 2.05) is 30.3 Å². The van der Waals surface area contributed by atoms with Crippen LogP contribution in [-0.4, -0.2) is 20.5 Å². The van der Waals surface area contributed by atoms with Gasteiger partial charge in [-0.05, 0) is 12.5 Å². The summed E-state index contributed by atoms with van der Waals surface area (Å²) in [5.41, 5.74) is 1.09. The molecule has 0 amide bonds. The van der Waals surface area contributed by atoms with Crippen molar-refractivity contribution >= 4 is 0 Å². The highest BCUT2D eigenvalue weighted by atomic mass is 16.7. The number of benzene rings is 1. The molecule has 1 fully saturated rings. The molecule has 0 spiro atoms. The van der Waals surface area contributed by atoms with E-state index in [9.17, 15) is 0 Å². The number of para-hydroxylation sites is 1. The van der Waals surface area contributed by atoms with E-state index >= 15 is 0 Å². The van der Waals surface area contributed by atoms with Gasteiger partial charge in [-0.3, -0.25) is 0 Å². The lowest BCUT2D eigenvalue weighted by Gasteiger charge is -2.32. The van der Waals surface area contributed by atoms with Gasteiger partial charge in [0.05, 0.1) is 19.8 Å². The van der Waals surface area contributed by atoms with Gasteiger partial charge in [-0.25, -0.2) is 0 Å². The number of allylic oxidation sites excluding steroid dienone is 1. The van der Waals surface area contributed by atoms with Gasteiger partial charge in [0.15, 0.2) is 0 Å². The zero-order chi connectivity index (χ0) is 12.1. The minimum atomic E-state index is 0.0258. The van der Waals surface area contributed by atoms with Gasteiger partial charge >= 0.3 is 0 Å². The van der Waals surface area contributed by atoms with Crippen LogP contribution >= 0.6 is 0 Å². The predicted molar refractivity (Wildman–Crippen MR) is 65.9 cm³/mol. The molecule has 1 aromatic carbocycles. The summed E-state index contributed by atoms with van der Waals surface area (Å²) in [6.07, 6.45) is 2.81. The van der Waals surface area contributed by atoms with Crippen LogP contribution in [0.25, 0.3) is 0 Å². The summed E-state index contributed by atoms with van der Waals surface area (Å²) < 4.78 is 16.4. The lowest BCUT2D eigenvalue weighted by molar-refractivity contribution is -0.172. The van der Waals surface area contributed by atoms with Crippen LogP contribution in [0.5, 0.6) is 5.75 Å². The van der Waals surface area contributed by atoms with E-state index in [4.69, 9.17) is 14.2 Å². The lowest BCUT2D eigenvalue weighted by Crippen LogP contribution is -2.28. The molecular weight excluding hydrogens is 216 g/mol. The van der Waals surface area contributed by atoms with Crippen LogP contribution in [0.2, 0.25) is 0 Å². The fraction of sp³-hybridized carbons (Fsp3) is 0.429. The molecule has 0 aliphatic carbocycles. The van der Waals surface area contributed by atoms with Crippen LogP contribution in [0.15, 0.2) is 36.9 Å². The van der Waals surface area contributed by atoms with Crippen molar-refractivity contribution in [3.63, 3.8) is 0 Å². The molecule has 0 aromatic heterocycles. The van der Waals surface area contributed by atoms with Crippen LogP contribution in [0, 0.1) is 5.92 Å². The maximum absolute atomic E-state index is 5.72. The maximum atomic E-state index is 5.72. The average Bonchev–Trinajstić information content (AvgIpc) is 2.40. The Morgan fingerprint density at radius 3 is 3.06 bits per heavy atom. The van der Waals surface area contributed by atoms with Gasteiger partial charge in [-0.1, -0.05) is 24.3 Å². The number of methoxy groups -OCH3 is 1. The second kappa shape index (κ2) is 5.84. The molecule has 1 aromatic rings. The number of rotatable bonds is 4. The third-order valence-electron chi connectivity index (χ3n) is 3.01. The zero-order valence-corrected chi connectivity index (χ0v) is 10.1. The Balaban J connectivity index is 2.25. The summed E-state index contributed by atoms with van der Waals surface area (Å²) in [6.45, 7) is 4.83. The van der Waals surface area contributed by atoms with E-state index in [0.717, 1.165) is 17.7 Å². The van der Waals surface area contributed by atoms with Gasteiger partial charge in [0, 0.05) is 11.5 Å². The number of ether oxygens (including phenoxy) is 3. The second-order valence-corrected chi connectivity index (χ2v) is 4.10. The highest BCUT2D eigenvalue weighted by Crippen LogP contribution is 2.36. The lowest BCUT2D eigenvalue weighted by atomic mass is 9.92. The first-order valence-corrected chi connectivity index (χ1v) is 5.80. The molecule has 3 heteroatoms. The first-order chi connectivity index (χ1) is 8.36. The molecule has 0 N–H and O–H groups in total. The van der Waals surface area contributed by atoms with E-state index in [2.05, 4.69) is 6.58 Å². The molecule has 1 saturated heterocycles. The molecular formula is C14H18O3. The third-order valence-corrected chi connectivity index (χ3v) is 3.01. The van der Waals surface area contributed by atoms with Crippen molar-refractivity contribution < 1.29 is 14.2 Å². The topological polar surface area (TPSA) is 27.7 Å². The Kier molecular flexibility index (Phi) is 4.18. The van der Waals surface area contributed by atoms with Crippen LogP contribution < -0.4 is 4.74 Å². The summed E-state index contributed by atoms with van der Waals surface area (Å²) >= 11 is 0. The van der Waals surface area contributed by atoms with Crippen molar-refractivity contribution in [1.29, 1.82) is 0 Å². The fourth-order valence-electron chi connectivity index (χ4n) is 2.20. The van der Waals surface area contributed by atoms with Crippen LogP contribution in [0.1, 0.15) is 18.1 Å². The molecule has 0 bridgehead atoms. The van der Waals surface area contributed by atoms with E-state index in [1.54, 1.807) is 7.11 Å². The van der Waals surface area contributed by atoms with Crippen molar-refractivity contribution in [3.8, 4) is 5.75 Å². The summed E-state index contributed by atoms with van der Waals surface area (Å²) in [5.74, 6) is 1.17. The number of hydrogen-bond donors (Lipinski definition) is 0. The minimum absolute atomic E-state index is 0.0258. The third kappa shape index (κ3) is 2.68. The Bertz CT molecular complexity index is 375. The van der Waals surface area contributed by atoms with Crippen LogP contribution in [-0.2, 0) is 9.47 Å². The van der Waals surface area contributed by atoms with E-state index < -0.39 is 0 Å².